The quantitative estimate of drug-likeness (QED) is 0.167. The number of esters is 1. The van der Waals surface area contributed by atoms with Gasteiger partial charge in [0, 0.05) is 0 Å². The van der Waals surface area contributed by atoms with Gasteiger partial charge < -0.3 is 52.1 Å². The molecule has 0 amide bonds. The van der Waals surface area contributed by atoms with E-state index in [0.717, 1.165) is 16.7 Å². The summed E-state index contributed by atoms with van der Waals surface area (Å²) in [4.78, 5) is 13.9. The Hall–Kier alpha value is -3.27. The summed E-state index contributed by atoms with van der Waals surface area (Å²) >= 11 is 0. The predicted molar refractivity (Wildman–Crippen MR) is 203 cm³/mol. The normalized spacial score (nSPS) is 32.3. The summed E-state index contributed by atoms with van der Waals surface area (Å²) in [6.07, 6.45) is -7.99. The van der Waals surface area contributed by atoms with Crippen molar-refractivity contribution >= 4 is 5.97 Å². The van der Waals surface area contributed by atoms with Crippen LogP contribution in [0, 0.1) is 5.41 Å². The van der Waals surface area contributed by atoms with Gasteiger partial charge >= 0.3 is 5.97 Å². The van der Waals surface area contributed by atoms with Gasteiger partial charge in [-0.25, -0.2) is 0 Å². The molecule has 0 N–H and O–H groups in total. The summed E-state index contributed by atoms with van der Waals surface area (Å²) in [6.45, 7) is 13.9. The van der Waals surface area contributed by atoms with E-state index in [1.54, 1.807) is 20.8 Å². The lowest BCUT2D eigenvalue weighted by atomic mass is 9.95. The van der Waals surface area contributed by atoms with Crippen LogP contribution in [0.2, 0.25) is 0 Å². The molecule has 10 atom stereocenters. The molecule has 0 saturated carbocycles. The molecule has 0 aliphatic carbocycles. The molecule has 7 unspecified atom stereocenters. The van der Waals surface area contributed by atoms with Gasteiger partial charge in [-0.2, -0.15) is 0 Å². The highest BCUT2D eigenvalue weighted by Crippen LogP contribution is 2.44. The fourth-order valence-electron chi connectivity index (χ4n) is 7.33. The first-order chi connectivity index (χ1) is 26.7. The molecule has 12 heteroatoms. The molecule has 12 nitrogen and oxygen atoms in total. The average molecular weight is 777 g/mol. The fraction of sp³-hybridized carbons (Fsp3) is 0.568. The molecule has 0 bridgehead atoms. The van der Waals surface area contributed by atoms with E-state index in [0.29, 0.717) is 6.61 Å². The van der Waals surface area contributed by atoms with Gasteiger partial charge in [-0.15, -0.1) is 0 Å². The number of fused-ring (bicyclic) bond motifs is 1. The minimum Gasteiger partial charge on any atom is -0.454 e. The van der Waals surface area contributed by atoms with Crippen LogP contribution in [-0.4, -0.2) is 92.2 Å². The maximum Gasteiger partial charge on any atom is 0.311 e. The Balaban J connectivity index is 1.25. The van der Waals surface area contributed by atoms with Crippen LogP contribution >= 0.6 is 0 Å². The summed E-state index contributed by atoms with van der Waals surface area (Å²) in [5.41, 5.74) is 2.04. The molecule has 4 aliphatic heterocycles. The largest absolute Gasteiger partial charge is 0.454 e. The van der Waals surface area contributed by atoms with Gasteiger partial charge in [-0.3, -0.25) is 4.79 Å². The van der Waals surface area contributed by atoms with Crippen LogP contribution in [0.25, 0.3) is 0 Å². The summed E-state index contributed by atoms with van der Waals surface area (Å²) in [6, 6.07) is 29.6. The lowest BCUT2D eigenvalue weighted by molar-refractivity contribution is -0.340. The van der Waals surface area contributed by atoms with Gasteiger partial charge in [0.05, 0.1) is 38.4 Å². The molecule has 4 aliphatic rings. The van der Waals surface area contributed by atoms with E-state index >= 15 is 0 Å². The standard InChI is InChI=1S/C44H56O12/c1-42(2,3)41(45)53-37-35(48-25-30-21-15-10-16-22-30)33(47-24-29-19-13-9-14-20-29)31(26-46-23-28-17-11-8-12-18-28)50-39(37)52-36-34(32-27-49-43(4,5)54-32)51-40-38(36)55-44(6,7)56-40/h8-22,31-40H,23-27H2,1-7H3/t31?,32?,33?,34-,35?,36?,37?,38+,39?,40-/m1/s1. The number of hydrogen-bond acceptors (Lipinski definition) is 12. The molecule has 3 aromatic rings. The second-order valence-electron chi connectivity index (χ2n) is 16.7. The third-order valence-electron chi connectivity index (χ3n) is 10.1. The summed E-state index contributed by atoms with van der Waals surface area (Å²) in [5, 5.41) is 0. The van der Waals surface area contributed by atoms with Crippen molar-refractivity contribution in [3.8, 4) is 0 Å². The lowest BCUT2D eigenvalue weighted by Gasteiger charge is -2.47. The van der Waals surface area contributed by atoms with Crippen LogP contribution in [0.1, 0.15) is 65.2 Å². The number of carbonyl (C=O) groups excluding carboxylic acids is 1. The Bertz CT molecular complexity index is 1700. The Kier molecular flexibility index (Phi) is 12.6. The molecule has 4 fully saturated rings. The minimum absolute atomic E-state index is 0.121. The van der Waals surface area contributed by atoms with Crippen LogP contribution in [0.3, 0.4) is 0 Å². The van der Waals surface area contributed by atoms with E-state index in [1.165, 1.54) is 0 Å². The molecule has 7 rings (SSSR count). The zero-order valence-corrected chi connectivity index (χ0v) is 33.4. The number of hydrogen-bond donors (Lipinski definition) is 0. The minimum atomic E-state index is -1.18. The van der Waals surface area contributed by atoms with E-state index < -0.39 is 84.4 Å². The Morgan fingerprint density at radius 2 is 1.23 bits per heavy atom. The monoisotopic (exact) mass is 776 g/mol. The SMILES string of the molecule is CC1(C)OCC([C@H]2O[C@@H]3OC(C)(C)O[C@H]3C2OC2OC(COCc3ccccc3)C(OCc3ccccc3)C(OCc3ccccc3)C2OC(=O)C(C)(C)C)O1. The molecule has 56 heavy (non-hydrogen) atoms. The highest BCUT2D eigenvalue weighted by molar-refractivity contribution is 5.75. The molecule has 4 heterocycles. The van der Waals surface area contributed by atoms with Crippen molar-refractivity contribution in [2.75, 3.05) is 13.2 Å². The maximum atomic E-state index is 13.9. The van der Waals surface area contributed by atoms with Gasteiger partial charge in [0.15, 0.2) is 30.3 Å². The third-order valence-corrected chi connectivity index (χ3v) is 10.1. The highest BCUT2D eigenvalue weighted by Gasteiger charge is 2.61. The van der Waals surface area contributed by atoms with Crippen molar-refractivity contribution in [3.05, 3.63) is 108 Å². The molecular weight excluding hydrogens is 720 g/mol. The topological polar surface area (TPSA) is 119 Å². The first-order valence-corrected chi connectivity index (χ1v) is 19.5. The Morgan fingerprint density at radius 1 is 0.661 bits per heavy atom. The van der Waals surface area contributed by atoms with Crippen molar-refractivity contribution in [1.82, 2.24) is 0 Å². The summed E-state index contributed by atoms with van der Waals surface area (Å²) < 4.78 is 71.5. The number of benzene rings is 3. The second-order valence-corrected chi connectivity index (χ2v) is 16.7. The Labute approximate surface area is 329 Å². The lowest BCUT2D eigenvalue weighted by Crippen LogP contribution is -2.64. The van der Waals surface area contributed by atoms with Crippen molar-refractivity contribution < 1.29 is 56.9 Å². The van der Waals surface area contributed by atoms with Gasteiger partial charge in [-0.05, 0) is 65.2 Å². The zero-order valence-electron chi connectivity index (χ0n) is 33.4. The van der Waals surface area contributed by atoms with Gasteiger partial charge in [0.2, 0.25) is 0 Å². The fourth-order valence-corrected chi connectivity index (χ4v) is 7.33. The average Bonchev–Trinajstić information content (AvgIpc) is 3.80. The predicted octanol–water partition coefficient (Wildman–Crippen LogP) is 6.47. The van der Waals surface area contributed by atoms with Gasteiger partial charge in [-0.1, -0.05) is 91.0 Å². The zero-order chi connectivity index (χ0) is 39.5. The van der Waals surface area contributed by atoms with E-state index in [2.05, 4.69) is 0 Å². The second kappa shape index (κ2) is 17.3. The van der Waals surface area contributed by atoms with Crippen LogP contribution < -0.4 is 0 Å². The van der Waals surface area contributed by atoms with E-state index in [9.17, 15) is 4.79 Å². The molecule has 304 valence electrons. The molecule has 3 aromatic carbocycles. The first kappa shape index (κ1) is 40.9. The Morgan fingerprint density at radius 3 is 1.79 bits per heavy atom. The van der Waals surface area contributed by atoms with Gasteiger partial charge in [0.1, 0.15) is 42.7 Å². The van der Waals surface area contributed by atoms with Crippen molar-refractivity contribution in [2.24, 2.45) is 5.41 Å². The molecule has 0 spiro atoms. The van der Waals surface area contributed by atoms with Gasteiger partial charge in [0.25, 0.3) is 0 Å². The van der Waals surface area contributed by atoms with Crippen LogP contribution in [0.5, 0.6) is 0 Å². The van der Waals surface area contributed by atoms with E-state index in [4.69, 9.17) is 52.1 Å². The van der Waals surface area contributed by atoms with Crippen LogP contribution in [0.4, 0.5) is 0 Å². The number of ether oxygens (including phenoxy) is 11. The maximum absolute atomic E-state index is 13.9. The third kappa shape index (κ3) is 10.0. The van der Waals surface area contributed by atoms with Crippen LogP contribution in [0.15, 0.2) is 91.0 Å². The van der Waals surface area contributed by atoms with Crippen molar-refractivity contribution in [2.45, 2.75) is 141 Å². The molecule has 4 saturated heterocycles. The molecular formula is C44H56O12. The van der Waals surface area contributed by atoms with Crippen molar-refractivity contribution in [1.29, 1.82) is 0 Å². The molecule has 0 aromatic heterocycles. The van der Waals surface area contributed by atoms with E-state index in [-0.39, 0.29) is 26.4 Å². The first-order valence-electron chi connectivity index (χ1n) is 19.5. The summed E-state index contributed by atoms with van der Waals surface area (Å²) in [7, 11) is 0. The van der Waals surface area contributed by atoms with Crippen LogP contribution in [-0.2, 0) is 76.7 Å². The smallest absolute Gasteiger partial charge is 0.311 e. The van der Waals surface area contributed by atoms with Crippen molar-refractivity contribution in [3.63, 3.8) is 0 Å². The molecule has 0 radical (unpaired) electrons. The number of rotatable bonds is 14. The number of carbonyl (C=O) groups is 1. The highest BCUT2D eigenvalue weighted by atomic mass is 16.9. The summed E-state index contributed by atoms with van der Waals surface area (Å²) in [5.74, 6) is -2.23. The van der Waals surface area contributed by atoms with E-state index in [1.807, 2.05) is 119 Å².